The van der Waals surface area contributed by atoms with Gasteiger partial charge in [0.05, 0.1) is 6.20 Å². The van der Waals surface area contributed by atoms with Crippen molar-refractivity contribution in [3.63, 3.8) is 0 Å². The van der Waals surface area contributed by atoms with E-state index < -0.39 is 0 Å². The molecule has 0 saturated heterocycles. The maximum absolute atomic E-state index is 4.27. The lowest BCUT2D eigenvalue weighted by atomic mass is 9.94. The summed E-state index contributed by atoms with van der Waals surface area (Å²) in [5.41, 5.74) is 1.48. The first-order chi connectivity index (χ1) is 6.03. The Balaban J connectivity index is 2.57. The van der Waals surface area contributed by atoms with Gasteiger partial charge in [-0.1, -0.05) is 13.8 Å². The van der Waals surface area contributed by atoms with E-state index in [4.69, 9.17) is 0 Å². The lowest BCUT2D eigenvalue weighted by Crippen LogP contribution is -2.31. The molecule has 74 valence electrons. The molecule has 0 aliphatic heterocycles. The monoisotopic (exact) mass is 181 g/mol. The third kappa shape index (κ3) is 3.19. The standard InChI is InChI=1S/C10H19N3/c1-9-5-12-13(6-9)8-10(2,3)7-11-4/h5-6,11H,7-8H2,1-4H3. The van der Waals surface area contributed by atoms with Gasteiger partial charge in [-0.15, -0.1) is 0 Å². The summed E-state index contributed by atoms with van der Waals surface area (Å²) in [6.45, 7) is 8.50. The Kier molecular flexibility index (Phi) is 3.09. The van der Waals surface area contributed by atoms with Crippen molar-refractivity contribution in [3.05, 3.63) is 18.0 Å². The molecule has 0 amide bonds. The van der Waals surface area contributed by atoms with Gasteiger partial charge in [-0.3, -0.25) is 4.68 Å². The van der Waals surface area contributed by atoms with Gasteiger partial charge in [-0.05, 0) is 24.9 Å². The van der Waals surface area contributed by atoms with E-state index in [9.17, 15) is 0 Å². The summed E-state index contributed by atoms with van der Waals surface area (Å²) in [5.74, 6) is 0. The van der Waals surface area contributed by atoms with Crippen molar-refractivity contribution in [1.82, 2.24) is 15.1 Å². The summed E-state index contributed by atoms with van der Waals surface area (Å²) >= 11 is 0. The largest absolute Gasteiger partial charge is 0.319 e. The van der Waals surface area contributed by atoms with Gasteiger partial charge in [-0.2, -0.15) is 5.10 Å². The van der Waals surface area contributed by atoms with Crippen LogP contribution in [0.4, 0.5) is 0 Å². The van der Waals surface area contributed by atoms with E-state index in [0.717, 1.165) is 13.1 Å². The van der Waals surface area contributed by atoms with Gasteiger partial charge in [0, 0.05) is 19.3 Å². The van der Waals surface area contributed by atoms with Crippen LogP contribution in [0.2, 0.25) is 0 Å². The maximum atomic E-state index is 4.27. The number of aromatic nitrogens is 2. The number of rotatable bonds is 4. The molecule has 0 aromatic carbocycles. The van der Waals surface area contributed by atoms with Crippen LogP contribution in [0, 0.1) is 12.3 Å². The summed E-state index contributed by atoms with van der Waals surface area (Å²) in [6, 6.07) is 0. The highest BCUT2D eigenvalue weighted by Gasteiger charge is 2.17. The van der Waals surface area contributed by atoms with Crippen LogP contribution in [0.15, 0.2) is 12.4 Å². The Morgan fingerprint density at radius 2 is 2.23 bits per heavy atom. The third-order valence-electron chi connectivity index (χ3n) is 2.01. The van der Waals surface area contributed by atoms with Crippen molar-refractivity contribution in [3.8, 4) is 0 Å². The van der Waals surface area contributed by atoms with E-state index in [1.807, 2.05) is 17.9 Å². The molecular formula is C10H19N3. The molecule has 1 aromatic rings. The first-order valence-electron chi connectivity index (χ1n) is 4.67. The number of nitrogens with one attached hydrogen (secondary N) is 1. The second kappa shape index (κ2) is 3.92. The SMILES string of the molecule is CNCC(C)(C)Cn1cc(C)cn1. The second-order valence-electron chi connectivity index (χ2n) is 4.41. The smallest absolute Gasteiger partial charge is 0.0518 e. The van der Waals surface area contributed by atoms with Gasteiger partial charge in [0.25, 0.3) is 0 Å². The first-order valence-corrected chi connectivity index (χ1v) is 4.67. The fourth-order valence-corrected chi connectivity index (χ4v) is 1.53. The van der Waals surface area contributed by atoms with E-state index in [1.54, 1.807) is 0 Å². The maximum Gasteiger partial charge on any atom is 0.0518 e. The highest BCUT2D eigenvalue weighted by Crippen LogP contribution is 2.16. The van der Waals surface area contributed by atoms with Crippen LogP contribution < -0.4 is 5.32 Å². The van der Waals surface area contributed by atoms with Gasteiger partial charge in [0.15, 0.2) is 0 Å². The van der Waals surface area contributed by atoms with Gasteiger partial charge in [0.2, 0.25) is 0 Å². The molecular weight excluding hydrogens is 162 g/mol. The molecule has 0 fully saturated rings. The Morgan fingerprint density at radius 3 is 2.69 bits per heavy atom. The highest BCUT2D eigenvalue weighted by atomic mass is 15.3. The van der Waals surface area contributed by atoms with Crippen molar-refractivity contribution in [2.75, 3.05) is 13.6 Å². The average Bonchev–Trinajstić information content (AvgIpc) is 2.34. The minimum Gasteiger partial charge on any atom is -0.319 e. The molecule has 3 nitrogen and oxygen atoms in total. The normalized spacial score (nSPS) is 12.0. The predicted octanol–water partition coefficient (Wildman–Crippen LogP) is 1.44. The molecule has 3 heteroatoms. The molecule has 0 atom stereocenters. The Morgan fingerprint density at radius 1 is 1.54 bits per heavy atom. The van der Waals surface area contributed by atoms with Gasteiger partial charge in [-0.25, -0.2) is 0 Å². The molecule has 1 rings (SSSR count). The quantitative estimate of drug-likeness (QED) is 0.761. The highest BCUT2D eigenvalue weighted by molar-refractivity contribution is 4.99. The molecule has 1 aromatic heterocycles. The summed E-state index contributed by atoms with van der Waals surface area (Å²) < 4.78 is 2.01. The van der Waals surface area contributed by atoms with E-state index in [0.29, 0.717) is 0 Å². The van der Waals surface area contributed by atoms with Crippen LogP contribution in [0.3, 0.4) is 0 Å². The summed E-state index contributed by atoms with van der Waals surface area (Å²) in [6.07, 6.45) is 3.98. The van der Waals surface area contributed by atoms with Gasteiger partial charge in [0.1, 0.15) is 0 Å². The lowest BCUT2D eigenvalue weighted by Gasteiger charge is -2.23. The average molecular weight is 181 g/mol. The Labute approximate surface area is 80.1 Å². The number of hydrogen-bond donors (Lipinski definition) is 1. The van der Waals surface area contributed by atoms with E-state index >= 15 is 0 Å². The summed E-state index contributed by atoms with van der Waals surface area (Å²) in [5, 5.41) is 7.47. The Bertz CT molecular complexity index is 263. The Hall–Kier alpha value is -0.830. The summed E-state index contributed by atoms with van der Waals surface area (Å²) in [7, 11) is 1.98. The zero-order valence-electron chi connectivity index (χ0n) is 8.96. The number of aryl methyl sites for hydroxylation is 1. The molecule has 13 heavy (non-hydrogen) atoms. The molecule has 0 unspecified atom stereocenters. The molecule has 0 aliphatic carbocycles. The predicted molar refractivity (Wildman–Crippen MR) is 54.7 cm³/mol. The minimum atomic E-state index is 0.257. The van der Waals surface area contributed by atoms with Crippen molar-refractivity contribution in [2.24, 2.45) is 5.41 Å². The van der Waals surface area contributed by atoms with Crippen LogP contribution in [-0.2, 0) is 6.54 Å². The zero-order valence-corrected chi connectivity index (χ0v) is 8.96. The van der Waals surface area contributed by atoms with E-state index in [1.165, 1.54) is 5.56 Å². The van der Waals surface area contributed by atoms with Crippen LogP contribution in [0.25, 0.3) is 0 Å². The van der Waals surface area contributed by atoms with Crippen molar-refractivity contribution < 1.29 is 0 Å². The van der Waals surface area contributed by atoms with Crippen molar-refractivity contribution in [2.45, 2.75) is 27.3 Å². The zero-order chi connectivity index (χ0) is 9.90. The van der Waals surface area contributed by atoms with Gasteiger partial charge < -0.3 is 5.32 Å². The van der Waals surface area contributed by atoms with Crippen molar-refractivity contribution in [1.29, 1.82) is 0 Å². The molecule has 0 aliphatic rings. The second-order valence-corrected chi connectivity index (χ2v) is 4.41. The van der Waals surface area contributed by atoms with Crippen LogP contribution in [0.1, 0.15) is 19.4 Å². The van der Waals surface area contributed by atoms with Crippen LogP contribution in [0.5, 0.6) is 0 Å². The topological polar surface area (TPSA) is 29.9 Å². The van der Waals surface area contributed by atoms with Crippen LogP contribution in [-0.4, -0.2) is 23.4 Å². The fourth-order valence-electron chi connectivity index (χ4n) is 1.53. The molecule has 1 N–H and O–H groups in total. The first kappa shape index (κ1) is 10.3. The summed E-state index contributed by atoms with van der Waals surface area (Å²) in [4.78, 5) is 0. The van der Waals surface area contributed by atoms with E-state index in [2.05, 4.69) is 37.4 Å². The molecule has 1 heterocycles. The number of nitrogens with zero attached hydrogens (tertiary/aromatic N) is 2. The van der Waals surface area contributed by atoms with E-state index in [-0.39, 0.29) is 5.41 Å². The number of hydrogen-bond acceptors (Lipinski definition) is 2. The minimum absolute atomic E-state index is 0.257. The molecule has 0 bridgehead atoms. The molecule has 0 saturated carbocycles. The fraction of sp³-hybridized carbons (Fsp3) is 0.700. The van der Waals surface area contributed by atoms with Crippen molar-refractivity contribution >= 4 is 0 Å². The third-order valence-corrected chi connectivity index (χ3v) is 2.01. The van der Waals surface area contributed by atoms with Crippen LogP contribution >= 0.6 is 0 Å². The van der Waals surface area contributed by atoms with Gasteiger partial charge >= 0.3 is 0 Å². The lowest BCUT2D eigenvalue weighted by molar-refractivity contribution is 0.283. The molecule has 0 radical (unpaired) electrons. The molecule has 0 spiro atoms.